The second-order valence-electron chi connectivity index (χ2n) is 6.82. The summed E-state index contributed by atoms with van der Waals surface area (Å²) in [6.45, 7) is 9.26. The van der Waals surface area contributed by atoms with Gasteiger partial charge in [-0.15, -0.1) is 0 Å². The van der Waals surface area contributed by atoms with Gasteiger partial charge >= 0.3 is 0 Å². The molecule has 25 heavy (non-hydrogen) atoms. The van der Waals surface area contributed by atoms with Gasteiger partial charge in [-0.3, -0.25) is 4.79 Å². The number of hydrogen-bond acceptors (Lipinski definition) is 3. The Morgan fingerprint density at radius 1 is 1.16 bits per heavy atom. The Hall–Kier alpha value is -1.62. The largest absolute Gasteiger partial charge is 0.370 e. The molecule has 1 aromatic rings. The highest BCUT2D eigenvalue weighted by Gasteiger charge is 2.19. The summed E-state index contributed by atoms with van der Waals surface area (Å²) in [4.78, 5) is 16.9. The molecule has 0 unspecified atom stereocenters. The lowest BCUT2D eigenvalue weighted by Gasteiger charge is -2.22. The first-order chi connectivity index (χ1) is 12.2. The predicted molar refractivity (Wildman–Crippen MR) is 103 cm³/mol. The van der Waals surface area contributed by atoms with Crippen LogP contribution in [0.2, 0.25) is 0 Å². The Kier molecular flexibility index (Phi) is 8.19. The number of nitrogens with zero attached hydrogens (tertiary/aromatic N) is 2. The zero-order valence-electron chi connectivity index (χ0n) is 15.7. The van der Waals surface area contributed by atoms with Crippen LogP contribution in [-0.4, -0.2) is 43.5 Å². The lowest BCUT2D eigenvalue weighted by atomic mass is 10.2. The molecular weight excluding hydrogens is 317 g/mol. The van der Waals surface area contributed by atoms with Crippen molar-refractivity contribution in [1.82, 2.24) is 4.90 Å². The molecule has 0 bridgehead atoms. The van der Waals surface area contributed by atoms with Crippen molar-refractivity contribution in [3.8, 4) is 0 Å². The van der Waals surface area contributed by atoms with Crippen LogP contribution in [0.25, 0.3) is 0 Å². The first kappa shape index (κ1) is 19.7. The number of carbonyl (C=O) groups excluding carboxylic acids is 1. The van der Waals surface area contributed by atoms with Gasteiger partial charge in [0.15, 0.2) is 0 Å². The number of benzene rings is 1. The number of rotatable bonds is 10. The van der Waals surface area contributed by atoms with E-state index in [0.717, 1.165) is 70.5 Å². The van der Waals surface area contributed by atoms with E-state index in [1.54, 1.807) is 6.07 Å². The van der Waals surface area contributed by atoms with Crippen LogP contribution in [0, 0.1) is 5.82 Å². The van der Waals surface area contributed by atoms with Crippen molar-refractivity contribution in [2.24, 2.45) is 0 Å². The second-order valence-corrected chi connectivity index (χ2v) is 6.82. The Morgan fingerprint density at radius 2 is 1.84 bits per heavy atom. The summed E-state index contributed by atoms with van der Waals surface area (Å²) in [6.07, 6.45) is 5.72. The first-order valence-electron chi connectivity index (χ1n) is 9.71. The third-order valence-corrected chi connectivity index (χ3v) is 4.66. The highest BCUT2D eigenvalue weighted by atomic mass is 19.1. The summed E-state index contributed by atoms with van der Waals surface area (Å²) in [5.41, 5.74) is 1.15. The molecule has 1 aliphatic heterocycles. The maximum atomic E-state index is 14.3. The van der Waals surface area contributed by atoms with Crippen LogP contribution < -0.4 is 10.2 Å². The molecule has 1 heterocycles. The minimum Gasteiger partial charge on any atom is -0.370 e. The molecule has 1 aromatic carbocycles. The lowest BCUT2D eigenvalue weighted by molar-refractivity contribution is -0.116. The molecule has 1 N–H and O–H groups in total. The Balaban J connectivity index is 1.89. The van der Waals surface area contributed by atoms with Crippen LogP contribution in [0.15, 0.2) is 18.2 Å². The van der Waals surface area contributed by atoms with Gasteiger partial charge in [-0.05, 0) is 63.9 Å². The van der Waals surface area contributed by atoms with Crippen molar-refractivity contribution in [2.45, 2.75) is 52.4 Å². The summed E-state index contributed by atoms with van der Waals surface area (Å²) in [6, 6.07) is 5.03. The van der Waals surface area contributed by atoms with Crippen LogP contribution in [0.5, 0.6) is 0 Å². The normalized spacial score (nSPS) is 14.3. The van der Waals surface area contributed by atoms with Gasteiger partial charge in [0.1, 0.15) is 11.5 Å². The number of para-hydroxylation sites is 1. The summed E-state index contributed by atoms with van der Waals surface area (Å²) in [5, 5.41) is 2.82. The number of nitrogens with one attached hydrogen (secondary N) is 1. The molecule has 0 atom stereocenters. The molecule has 1 aliphatic rings. The van der Waals surface area contributed by atoms with Crippen molar-refractivity contribution in [3.63, 3.8) is 0 Å². The third kappa shape index (κ3) is 5.99. The van der Waals surface area contributed by atoms with Gasteiger partial charge in [0.05, 0.1) is 5.69 Å². The molecule has 0 aromatic heterocycles. The minimum atomic E-state index is -0.351. The first-order valence-corrected chi connectivity index (χ1v) is 9.71. The van der Waals surface area contributed by atoms with Crippen LogP contribution in [0.4, 0.5) is 15.8 Å². The molecule has 0 spiro atoms. The average Bonchev–Trinajstić information content (AvgIpc) is 3.11. The molecule has 1 fully saturated rings. The molecule has 0 aliphatic carbocycles. The third-order valence-electron chi connectivity index (χ3n) is 4.66. The fourth-order valence-electron chi connectivity index (χ4n) is 3.49. The van der Waals surface area contributed by atoms with Crippen molar-refractivity contribution in [3.05, 3.63) is 24.0 Å². The Morgan fingerprint density at radius 3 is 2.48 bits per heavy atom. The van der Waals surface area contributed by atoms with E-state index in [1.807, 2.05) is 6.07 Å². The van der Waals surface area contributed by atoms with E-state index in [2.05, 4.69) is 29.0 Å². The van der Waals surface area contributed by atoms with Gasteiger partial charge in [-0.25, -0.2) is 4.39 Å². The molecule has 0 saturated carbocycles. The fraction of sp³-hybridized carbons (Fsp3) is 0.650. The van der Waals surface area contributed by atoms with Gasteiger partial charge in [-0.1, -0.05) is 19.9 Å². The molecule has 4 nitrogen and oxygen atoms in total. The maximum absolute atomic E-state index is 14.3. The predicted octanol–water partition coefficient (Wildman–Crippen LogP) is 4.27. The molecule has 5 heteroatoms. The topological polar surface area (TPSA) is 35.6 Å². The minimum absolute atomic E-state index is 0.0986. The molecule has 140 valence electrons. The number of anilines is 2. The summed E-state index contributed by atoms with van der Waals surface area (Å²) < 4.78 is 14.3. The molecule has 1 saturated heterocycles. The lowest BCUT2D eigenvalue weighted by Crippen LogP contribution is -2.27. The van der Waals surface area contributed by atoms with E-state index in [4.69, 9.17) is 0 Å². The maximum Gasteiger partial charge on any atom is 0.224 e. The van der Waals surface area contributed by atoms with E-state index < -0.39 is 0 Å². The quantitative estimate of drug-likeness (QED) is 0.685. The van der Waals surface area contributed by atoms with Crippen molar-refractivity contribution >= 4 is 17.3 Å². The van der Waals surface area contributed by atoms with E-state index in [1.165, 1.54) is 6.07 Å². The van der Waals surface area contributed by atoms with Gasteiger partial charge in [0.2, 0.25) is 5.91 Å². The van der Waals surface area contributed by atoms with E-state index >= 15 is 0 Å². The number of amides is 1. The van der Waals surface area contributed by atoms with Gasteiger partial charge in [0, 0.05) is 19.5 Å². The van der Waals surface area contributed by atoms with Gasteiger partial charge in [0.25, 0.3) is 0 Å². The fourth-order valence-corrected chi connectivity index (χ4v) is 3.49. The number of hydrogen-bond donors (Lipinski definition) is 1. The summed E-state index contributed by atoms with van der Waals surface area (Å²) >= 11 is 0. The van der Waals surface area contributed by atoms with Crippen LogP contribution in [-0.2, 0) is 4.79 Å². The van der Waals surface area contributed by atoms with E-state index in [-0.39, 0.29) is 11.7 Å². The highest BCUT2D eigenvalue weighted by molar-refractivity contribution is 5.94. The summed E-state index contributed by atoms with van der Waals surface area (Å²) in [7, 11) is 0. The number of halogens is 1. The smallest absolute Gasteiger partial charge is 0.224 e. The van der Waals surface area contributed by atoms with Crippen LogP contribution >= 0.6 is 0 Å². The average molecular weight is 349 g/mol. The van der Waals surface area contributed by atoms with E-state index in [0.29, 0.717) is 12.1 Å². The van der Waals surface area contributed by atoms with Gasteiger partial charge < -0.3 is 15.1 Å². The van der Waals surface area contributed by atoms with Crippen LogP contribution in [0.1, 0.15) is 52.4 Å². The molecule has 2 rings (SSSR count). The monoisotopic (exact) mass is 349 g/mol. The molecule has 1 amide bonds. The Labute approximate surface area is 151 Å². The van der Waals surface area contributed by atoms with Crippen molar-refractivity contribution in [1.29, 1.82) is 0 Å². The van der Waals surface area contributed by atoms with Crippen molar-refractivity contribution in [2.75, 3.05) is 42.9 Å². The Bertz CT molecular complexity index is 538. The van der Waals surface area contributed by atoms with E-state index in [9.17, 15) is 9.18 Å². The molecule has 0 radical (unpaired) electrons. The summed E-state index contributed by atoms with van der Waals surface area (Å²) in [5.74, 6) is -0.449. The van der Waals surface area contributed by atoms with Crippen molar-refractivity contribution < 1.29 is 9.18 Å². The standard InChI is InChI=1S/C20H32FN3O/c1-3-12-23(13-4-2)14-8-11-19(25)22-20-17(21)9-7-10-18(20)24-15-5-6-16-24/h7,9-10H,3-6,8,11-16H2,1-2H3,(H,22,25). The highest BCUT2D eigenvalue weighted by Crippen LogP contribution is 2.31. The van der Waals surface area contributed by atoms with Crippen LogP contribution in [0.3, 0.4) is 0 Å². The molecular formula is C20H32FN3O. The second kappa shape index (κ2) is 10.4. The number of carbonyl (C=O) groups is 1. The van der Waals surface area contributed by atoms with Gasteiger partial charge in [-0.2, -0.15) is 0 Å². The SMILES string of the molecule is CCCN(CCC)CCCC(=O)Nc1c(F)cccc1N1CCCC1. The zero-order valence-corrected chi connectivity index (χ0v) is 15.7. The zero-order chi connectivity index (χ0) is 18.1.